The van der Waals surface area contributed by atoms with Gasteiger partial charge in [-0.25, -0.2) is 18.4 Å². The summed E-state index contributed by atoms with van der Waals surface area (Å²) < 4.78 is 33.8. The van der Waals surface area contributed by atoms with Crippen molar-refractivity contribution in [2.24, 2.45) is 0 Å². The van der Waals surface area contributed by atoms with Gasteiger partial charge in [0.2, 0.25) is 5.88 Å². The molecule has 60 valence electrons. The molecule has 0 aliphatic heterocycles. The highest BCUT2D eigenvalue weighted by Gasteiger charge is 1.97. The van der Waals surface area contributed by atoms with Gasteiger partial charge in [0, 0.05) is 12.3 Å². The Hall–Kier alpha value is -1.21. The zero-order valence-corrected chi connectivity index (χ0v) is 5.98. The van der Waals surface area contributed by atoms with E-state index in [9.17, 15) is 13.0 Å². The summed E-state index contributed by atoms with van der Waals surface area (Å²) in [7, 11) is -4.72. The van der Waals surface area contributed by atoms with Crippen molar-refractivity contribution in [3.05, 3.63) is 18.6 Å². The second-order valence-corrected chi connectivity index (χ2v) is 2.52. The van der Waals surface area contributed by atoms with Crippen LogP contribution in [0.3, 0.4) is 0 Å². The normalized spacial score (nSPS) is 11.0. The molecule has 0 radical (unpaired) electrons. The second-order valence-electron chi connectivity index (χ2n) is 1.54. The fourth-order valence-electron chi connectivity index (χ4n) is 0.432. The molecule has 0 bridgehead atoms. The van der Waals surface area contributed by atoms with Crippen molar-refractivity contribution >= 4 is 10.4 Å². The Morgan fingerprint density at radius 2 is 2.27 bits per heavy atom. The monoisotopic (exact) mass is 175 g/mol. The Bertz CT molecular complexity index is 321. The van der Waals surface area contributed by atoms with Crippen LogP contribution in [0.2, 0.25) is 0 Å². The molecule has 0 aliphatic rings. The van der Waals surface area contributed by atoms with Crippen LogP contribution in [-0.4, -0.2) is 22.9 Å². The van der Waals surface area contributed by atoms with Crippen molar-refractivity contribution in [1.82, 2.24) is 9.97 Å². The van der Waals surface area contributed by atoms with Crippen molar-refractivity contribution < 1.29 is 17.2 Å². The molecule has 11 heavy (non-hydrogen) atoms. The van der Waals surface area contributed by atoms with E-state index in [1.54, 1.807) is 0 Å². The minimum Gasteiger partial charge on any atom is -0.716 e. The molecule has 1 aromatic rings. The minimum atomic E-state index is -4.72. The third-order valence-electron chi connectivity index (χ3n) is 0.742. The lowest BCUT2D eigenvalue weighted by Crippen LogP contribution is -2.07. The highest BCUT2D eigenvalue weighted by atomic mass is 32.3. The van der Waals surface area contributed by atoms with Crippen LogP contribution in [0.5, 0.6) is 5.88 Å². The molecule has 0 aliphatic carbocycles. The van der Waals surface area contributed by atoms with Crippen molar-refractivity contribution in [2.45, 2.75) is 0 Å². The fraction of sp³-hybridized carbons (Fsp3) is 0. The van der Waals surface area contributed by atoms with Gasteiger partial charge >= 0.3 is 0 Å². The highest BCUT2D eigenvalue weighted by Crippen LogP contribution is 2.03. The molecular formula is C4H3N2O4S-. The first-order valence-electron chi connectivity index (χ1n) is 2.49. The van der Waals surface area contributed by atoms with E-state index in [-0.39, 0.29) is 5.88 Å². The zero-order valence-electron chi connectivity index (χ0n) is 5.17. The molecule has 1 rings (SSSR count). The summed E-state index contributed by atoms with van der Waals surface area (Å²) in [6.07, 6.45) is 2.33. The number of hydrogen-bond donors (Lipinski definition) is 0. The average molecular weight is 175 g/mol. The van der Waals surface area contributed by atoms with E-state index < -0.39 is 10.4 Å². The van der Waals surface area contributed by atoms with Crippen molar-refractivity contribution in [2.75, 3.05) is 0 Å². The molecule has 0 saturated carbocycles. The molecule has 0 N–H and O–H groups in total. The van der Waals surface area contributed by atoms with E-state index in [1.165, 1.54) is 6.20 Å². The molecule has 7 heteroatoms. The summed E-state index contributed by atoms with van der Waals surface area (Å²) in [4.78, 5) is 6.84. The summed E-state index contributed by atoms with van der Waals surface area (Å²) >= 11 is 0. The van der Waals surface area contributed by atoms with Crippen molar-refractivity contribution in [3.8, 4) is 5.88 Å². The number of aromatic nitrogens is 2. The van der Waals surface area contributed by atoms with E-state index in [2.05, 4.69) is 14.2 Å². The lowest BCUT2D eigenvalue weighted by molar-refractivity contribution is 0.367. The Morgan fingerprint density at radius 3 is 2.73 bits per heavy atom. The molecule has 1 heterocycles. The first kappa shape index (κ1) is 7.89. The zero-order chi connectivity index (χ0) is 8.32. The van der Waals surface area contributed by atoms with Crippen LogP contribution in [0.1, 0.15) is 0 Å². The van der Waals surface area contributed by atoms with Crippen LogP contribution in [0.15, 0.2) is 18.6 Å². The maximum Gasteiger partial charge on any atom is 0.264 e. The lowest BCUT2D eigenvalue weighted by Gasteiger charge is -2.05. The molecule has 0 aromatic carbocycles. The molecule has 0 saturated heterocycles. The lowest BCUT2D eigenvalue weighted by atomic mass is 10.6. The summed E-state index contributed by atoms with van der Waals surface area (Å²) in [5.41, 5.74) is 0. The topological polar surface area (TPSA) is 92.2 Å². The third kappa shape index (κ3) is 2.92. The van der Waals surface area contributed by atoms with Gasteiger partial charge in [-0.05, 0) is 0 Å². The largest absolute Gasteiger partial charge is 0.716 e. The quantitative estimate of drug-likeness (QED) is 0.436. The van der Waals surface area contributed by atoms with Gasteiger partial charge in [-0.1, -0.05) is 0 Å². The molecule has 1 aromatic heterocycles. The Labute approximate surface area is 62.8 Å². The summed E-state index contributed by atoms with van der Waals surface area (Å²) in [5, 5.41) is 0. The first-order chi connectivity index (χ1) is 5.08. The summed E-state index contributed by atoms with van der Waals surface area (Å²) in [6.45, 7) is 0. The van der Waals surface area contributed by atoms with Crippen LogP contribution in [0.25, 0.3) is 0 Å². The van der Waals surface area contributed by atoms with Crippen LogP contribution in [0.4, 0.5) is 0 Å². The third-order valence-corrected chi connectivity index (χ3v) is 1.12. The molecule has 6 nitrogen and oxygen atoms in total. The van der Waals surface area contributed by atoms with Crippen LogP contribution < -0.4 is 4.18 Å². The number of nitrogens with zero attached hydrogens (tertiary/aromatic N) is 2. The van der Waals surface area contributed by atoms with Gasteiger partial charge in [0.1, 0.15) is 6.33 Å². The molecule has 0 unspecified atom stereocenters. The van der Waals surface area contributed by atoms with Gasteiger partial charge in [-0.3, -0.25) is 0 Å². The molecule has 0 atom stereocenters. The Balaban J connectivity index is 2.82. The number of hydrogen-bond acceptors (Lipinski definition) is 6. The van der Waals surface area contributed by atoms with Gasteiger partial charge < -0.3 is 8.74 Å². The average Bonchev–Trinajstić information content (AvgIpc) is 1.85. The Morgan fingerprint density at radius 1 is 1.55 bits per heavy atom. The van der Waals surface area contributed by atoms with Gasteiger partial charge in [0.25, 0.3) is 10.4 Å². The standard InChI is InChI=1S/C4H4N2O4S/c7-11(8,9)10-4-1-2-5-3-6-4/h1-3H,(H,7,8,9)/p-1. The van der Waals surface area contributed by atoms with Crippen molar-refractivity contribution in [3.63, 3.8) is 0 Å². The van der Waals surface area contributed by atoms with E-state index in [4.69, 9.17) is 0 Å². The molecule has 0 amide bonds. The summed E-state index contributed by atoms with van der Waals surface area (Å²) in [6, 6.07) is 1.16. The SMILES string of the molecule is O=S(=O)([O-])Oc1ccncn1. The van der Waals surface area contributed by atoms with Gasteiger partial charge in [0.15, 0.2) is 0 Å². The first-order valence-corrected chi connectivity index (χ1v) is 3.82. The maximum absolute atomic E-state index is 9.96. The van der Waals surface area contributed by atoms with E-state index >= 15 is 0 Å². The van der Waals surface area contributed by atoms with Gasteiger partial charge in [-0.15, -0.1) is 0 Å². The minimum absolute atomic E-state index is 0.282. The van der Waals surface area contributed by atoms with Gasteiger partial charge in [-0.2, -0.15) is 0 Å². The highest BCUT2D eigenvalue weighted by molar-refractivity contribution is 7.81. The predicted molar refractivity (Wildman–Crippen MR) is 32.4 cm³/mol. The maximum atomic E-state index is 9.96. The van der Waals surface area contributed by atoms with E-state index in [1.807, 2.05) is 0 Å². The van der Waals surface area contributed by atoms with Crippen LogP contribution >= 0.6 is 0 Å². The van der Waals surface area contributed by atoms with Crippen molar-refractivity contribution in [1.29, 1.82) is 0 Å². The second kappa shape index (κ2) is 2.81. The number of rotatable bonds is 2. The van der Waals surface area contributed by atoms with E-state index in [0.717, 1.165) is 12.4 Å². The molecular weight excluding hydrogens is 172 g/mol. The Kier molecular flexibility index (Phi) is 2.01. The molecule has 0 spiro atoms. The smallest absolute Gasteiger partial charge is 0.264 e. The summed E-state index contributed by atoms with van der Waals surface area (Å²) in [5.74, 6) is -0.282. The predicted octanol–water partition coefficient (Wildman–Crippen LogP) is -0.684. The molecule has 0 fully saturated rings. The van der Waals surface area contributed by atoms with Crippen LogP contribution in [-0.2, 0) is 10.4 Å². The van der Waals surface area contributed by atoms with Crippen LogP contribution in [0, 0.1) is 0 Å². The van der Waals surface area contributed by atoms with E-state index in [0.29, 0.717) is 0 Å². The fourth-order valence-corrected chi connectivity index (χ4v) is 0.740. The van der Waals surface area contributed by atoms with Gasteiger partial charge in [0.05, 0.1) is 0 Å².